The molecule has 1 heterocycles. The summed E-state index contributed by atoms with van der Waals surface area (Å²) < 4.78 is 44.1. The van der Waals surface area contributed by atoms with Crippen molar-refractivity contribution in [1.82, 2.24) is 4.98 Å². The van der Waals surface area contributed by atoms with E-state index in [9.17, 15) is 13.2 Å². The van der Waals surface area contributed by atoms with Gasteiger partial charge in [0.05, 0.1) is 7.11 Å². The van der Waals surface area contributed by atoms with Gasteiger partial charge in [0.15, 0.2) is 0 Å². The van der Waals surface area contributed by atoms with Crippen molar-refractivity contribution in [3.05, 3.63) is 11.8 Å². The Bertz CT molecular complexity index is 439. The van der Waals surface area contributed by atoms with Gasteiger partial charge in [-0.2, -0.15) is 5.26 Å². The van der Waals surface area contributed by atoms with Crippen molar-refractivity contribution in [1.29, 1.82) is 5.26 Å². The summed E-state index contributed by atoms with van der Waals surface area (Å²) in [5, 5.41) is 8.53. The minimum atomic E-state index is -4.93. The molecule has 1 aromatic rings. The first-order valence-corrected chi connectivity index (χ1v) is 3.87. The number of hydrogen-bond acceptors (Lipinski definition) is 5. The van der Waals surface area contributed by atoms with E-state index in [1.54, 1.807) is 6.07 Å². The molecule has 0 atom stereocenters. The van der Waals surface area contributed by atoms with Crippen molar-refractivity contribution in [3.63, 3.8) is 0 Å². The molecule has 0 aliphatic rings. The second kappa shape index (κ2) is 4.14. The summed E-state index contributed by atoms with van der Waals surface area (Å²) in [5.74, 6) is -1.01. The fraction of sp³-hybridized carbons (Fsp3) is 0.250. The van der Waals surface area contributed by atoms with E-state index >= 15 is 0 Å². The van der Waals surface area contributed by atoms with E-state index in [-0.39, 0.29) is 11.4 Å². The third-order valence-corrected chi connectivity index (χ3v) is 1.53. The van der Waals surface area contributed by atoms with Crippen LogP contribution in [0.3, 0.4) is 0 Å². The molecule has 8 heteroatoms. The quantitative estimate of drug-likeness (QED) is 0.835. The first-order chi connectivity index (χ1) is 7.37. The lowest BCUT2D eigenvalue weighted by Crippen LogP contribution is -2.19. The second-order valence-corrected chi connectivity index (χ2v) is 2.59. The van der Waals surface area contributed by atoms with Crippen LogP contribution >= 0.6 is 0 Å². The zero-order valence-electron chi connectivity index (χ0n) is 8.00. The molecule has 0 amide bonds. The van der Waals surface area contributed by atoms with Gasteiger partial charge >= 0.3 is 6.36 Å². The Morgan fingerprint density at radius 2 is 2.12 bits per heavy atom. The lowest BCUT2D eigenvalue weighted by atomic mass is 10.3. The molecular formula is C8H6F3N3O2. The summed E-state index contributed by atoms with van der Waals surface area (Å²) in [7, 11) is 1.20. The van der Waals surface area contributed by atoms with Gasteiger partial charge in [-0.05, 0) is 0 Å². The highest BCUT2D eigenvalue weighted by molar-refractivity contribution is 5.61. The van der Waals surface area contributed by atoms with Crippen molar-refractivity contribution in [2.75, 3.05) is 12.8 Å². The number of alkyl halides is 3. The maximum atomic E-state index is 12.0. The van der Waals surface area contributed by atoms with Gasteiger partial charge in [0.1, 0.15) is 23.2 Å². The Hall–Kier alpha value is -2.17. The number of rotatable bonds is 2. The average molecular weight is 233 g/mol. The van der Waals surface area contributed by atoms with E-state index in [2.05, 4.69) is 14.5 Å². The summed E-state index contributed by atoms with van der Waals surface area (Å²) in [5.41, 5.74) is 4.60. The Kier molecular flexibility index (Phi) is 3.08. The van der Waals surface area contributed by atoms with Crippen LogP contribution in [0.4, 0.5) is 18.9 Å². The van der Waals surface area contributed by atoms with Gasteiger partial charge in [0.2, 0.25) is 0 Å². The number of nitrogen functional groups attached to an aromatic ring is 1. The van der Waals surface area contributed by atoms with Crippen LogP contribution in [0, 0.1) is 11.3 Å². The minimum Gasteiger partial charge on any atom is -0.494 e. The molecule has 16 heavy (non-hydrogen) atoms. The van der Waals surface area contributed by atoms with Crippen LogP contribution in [0.2, 0.25) is 0 Å². The molecule has 0 unspecified atom stereocenters. The minimum absolute atomic E-state index is 0.106. The number of hydrogen-bond donors (Lipinski definition) is 1. The highest BCUT2D eigenvalue weighted by atomic mass is 19.4. The molecule has 0 saturated carbocycles. The molecule has 5 nitrogen and oxygen atoms in total. The van der Waals surface area contributed by atoms with Crippen LogP contribution in [-0.4, -0.2) is 18.5 Å². The summed E-state index contributed by atoms with van der Waals surface area (Å²) in [4.78, 5) is 3.28. The van der Waals surface area contributed by atoms with Crippen LogP contribution in [-0.2, 0) is 0 Å². The van der Waals surface area contributed by atoms with E-state index < -0.39 is 17.9 Å². The van der Waals surface area contributed by atoms with E-state index in [1.807, 2.05) is 0 Å². The normalized spacial score (nSPS) is 10.7. The first kappa shape index (κ1) is 11.9. The molecule has 1 rings (SSSR count). The number of aromatic nitrogens is 1. The molecule has 0 saturated heterocycles. The van der Waals surface area contributed by atoms with Crippen molar-refractivity contribution >= 4 is 5.69 Å². The molecule has 1 aromatic heterocycles. The summed E-state index contributed by atoms with van der Waals surface area (Å²) in [6.07, 6.45) is -4.93. The predicted molar refractivity (Wildman–Crippen MR) is 46.6 cm³/mol. The average Bonchev–Trinajstić information content (AvgIpc) is 2.19. The van der Waals surface area contributed by atoms with E-state index in [0.717, 1.165) is 6.07 Å². The zero-order valence-corrected chi connectivity index (χ0v) is 8.00. The molecular weight excluding hydrogens is 227 g/mol. The van der Waals surface area contributed by atoms with Crippen LogP contribution < -0.4 is 15.2 Å². The van der Waals surface area contributed by atoms with Crippen molar-refractivity contribution < 1.29 is 22.6 Å². The van der Waals surface area contributed by atoms with Crippen LogP contribution in [0.5, 0.6) is 11.6 Å². The fourth-order valence-electron chi connectivity index (χ4n) is 0.923. The molecule has 86 valence electrons. The number of halogens is 3. The number of nitrogens with zero attached hydrogens (tertiary/aromatic N) is 2. The maximum Gasteiger partial charge on any atom is 0.574 e. The fourth-order valence-corrected chi connectivity index (χ4v) is 0.923. The second-order valence-electron chi connectivity index (χ2n) is 2.59. The lowest BCUT2D eigenvalue weighted by molar-refractivity contribution is -0.275. The first-order valence-electron chi connectivity index (χ1n) is 3.87. The number of ether oxygens (including phenoxy) is 2. The number of nitriles is 1. The summed E-state index contributed by atoms with van der Waals surface area (Å²) in [6.45, 7) is 0. The Labute approximate surface area is 88.2 Å². The van der Waals surface area contributed by atoms with Gasteiger partial charge in [0.25, 0.3) is 5.88 Å². The third kappa shape index (κ3) is 2.66. The summed E-state index contributed by atoms with van der Waals surface area (Å²) in [6, 6.07) is 2.67. The summed E-state index contributed by atoms with van der Waals surface area (Å²) >= 11 is 0. The van der Waals surface area contributed by atoms with Gasteiger partial charge in [-0.15, -0.1) is 13.2 Å². The maximum absolute atomic E-state index is 12.0. The molecule has 0 radical (unpaired) electrons. The van der Waals surface area contributed by atoms with Crippen molar-refractivity contribution in [2.24, 2.45) is 0 Å². The highest BCUT2D eigenvalue weighted by Gasteiger charge is 2.33. The van der Waals surface area contributed by atoms with Gasteiger partial charge in [-0.25, -0.2) is 4.98 Å². The number of nitrogens with two attached hydrogens (primary N) is 1. The molecule has 0 fully saturated rings. The standard InChI is InChI=1S/C8H6F3N3O2/c1-15-5-2-4(3-12)14-7(6(5)13)16-8(9,10)11/h2H,13H2,1H3. The van der Waals surface area contributed by atoms with Gasteiger partial charge < -0.3 is 15.2 Å². The smallest absolute Gasteiger partial charge is 0.494 e. The predicted octanol–water partition coefficient (Wildman–Crippen LogP) is 1.44. The van der Waals surface area contributed by atoms with E-state index in [1.165, 1.54) is 7.11 Å². The monoisotopic (exact) mass is 233 g/mol. The Balaban J connectivity index is 3.23. The van der Waals surface area contributed by atoms with Crippen molar-refractivity contribution in [3.8, 4) is 17.7 Å². The molecule has 0 bridgehead atoms. The van der Waals surface area contributed by atoms with Gasteiger partial charge in [0, 0.05) is 6.07 Å². The van der Waals surface area contributed by atoms with E-state index in [4.69, 9.17) is 11.0 Å². The van der Waals surface area contributed by atoms with Gasteiger partial charge in [-0.3, -0.25) is 0 Å². The third-order valence-electron chi connectivity index (χ3n) is 1.53. The van der Waals surface area contributed by atoms with Gasteiger partial charge in [-0.1, -0.05) is 0 Å². The Morgan fingerprint density at radius 3 is 2.56 bits per heavy atom. The lowest BCUT2D eigenvalue weighted by Gasteiger charge is -2.12. The number of methoxy groups -OCH3 is 1. The van der Waals surface area contributed by atoms with Crippen LogP contribution in [0.1, 0.15) is 5.69 Å². The Morgan fingerprint density at radius 1 is 1.50 bits per heavy atom. The zero-order chi connectivity index (χ0) is 12.3. The molecule has 2 N–H and O–H groups in total. The van der Waals surface area contributed by atoms with Crippen LogP contribution in [0.15, 0.2) is 6.07 Å². The highest BCUT2D eigenvalue weighted by Crippen LogP contribution is 2.33. The molecule has 0 aliphatic heterocycles. The van der Waals surface area contributed by atoms with Crippen LogP contribution in [0.25, 0.3) is 0 Å². The largest absolute Gasteiger partial charge is 0.574 e. The topological polar surface area (TPSA) is 81.2 Å². The van der Waals surface area contributed by atoms with E-state index in [0.29, 0.717) is 0 Å². The molecule has 0 aliphatic carbocycles. The molecule has 0 aromatic carbocycles. The molecule has 0 spiro atoms. The number of pyridine rings is 1. The van der Waals surface area contributed by atoms with Crippen molar-refractivity contribution in [2.45, 2.75) is 6.36 Å². The number of anilines is 1. The SMILES string of the molecule is COc1cc(C#N)nc(OC(F)(F)F)c1N.